The molecule has 4 rings (SSSR count). The zero-order valence-electron chi connectivity index (χ0n) is 12.4. The maximum absolute atomic E-state index is 6.37. The normalized spacial score (nSPS) is 12.4. The second-order valence-corrected chi connectivity index (χ2v) is 5.75. The molecule has 0 spiro atoms. The minimum atomic E-state index is 0.191. The fourth-order valence-corrected chi connectivity index (χ4v) is 2.98. The number of hydrogen-bond donors (Lipinski definition) is 0. The van der Waals surface area contributed by atoms with E-state index in [1.54, 1.807) is 18.6 Å². The van der Waals surface area contributed by atoms with Crippen molar-refractivity contribution < 1.29 is 9.47 Å². The number of benzene rings is 1. The average molecular weight is 325 g/mol. The third-order valence-corrected chi connectivity index (χ3v) is 4.07. The van der Waals surface area contributed by atoms with Crippen molar-refractivity contribution in [1.82, 2.24) is 9.97 Å². The third kappa shape index (κ3) is 2.51. The van der Waals surface area contributed by atoms with Crippen LogP contribution in [0.4, 0.5) is 0 Å². The number of rotatable bonds is 2. The van der Waals surface area contributed by atoms with Gasteiger partial charge in [0.1, 0.15) is 0 Å². The summed E-state index contributed by atoms with van der Waals surface area (Å²) < 4.78 is 10.9. The topological polar surface area (TPSA) is 44.2 Å². The average Bonchev–Trinajstić information content (AvgIpc) is 3.03. The van der Waals surface area contributed by atoms with Gasteiger partial charge < -0.3 is 9.47 Å². The van der Waals surface area contributed by atoms with Crippen LogP contribution in [0.1, 0.15) is 5.56 Å². The summed E-state index contributed by atoms with van der Waals surface area (Å²) in [6, 6.07) is 9.93. The summed E-state index contributed by atoms with van der Waals surface area (Å²) in [5.41, 5.74) is 4.88. The van der Waals surface area contributed by atoms with Crippen LogP contribution in [0.2, 0.25) is 5.02 Å². The third-order valence-electron chi connectivity index (χ3n) is 3.76. The van der Waals surface area contributed by atoms with Gasteiger partial charge >= 0.3 is 0 Å². The van der Waals surface area contributed by atoms with E-state index >= 15 is 0 Å². The van der Waals surface area contributed by atoms with Gasteiger partial charge in [0, 0.05) is 45.9 Å². The van der Waals surface area contributed by atoms with Crippen molar-refractivity contribution in [3.8, 4) is 33.9 Å². The van der Waals surface area contributed by atoms with Gasteiger partial charge in [-0.15, -0.1) is 0 Å². The van der Waals surface area contributed by atoms with Crippen LogP contribution in [-0.2, 0) is 0 Å². The van der Waals surface area contributed by atoms with Crippen LogP contribution in [0.5, 0.6) is 11.6 Å². The van der Waals surface area contributed by atoms with Gasteiger partial charge in [-0.2, -0.15) is 0 Å². The van der Waals surface area contributed by atoms with Crippen molar-refractivity contribution in [1.29, 1.82) is 0 Å². The van der Waals surface area contributed by atoms with E-state index in [0.29, 0.717) is 16.7 Å². The number of pyridine rings is 2. The summed E-state index contributed by atoms with van der Waals surface area (Å²) in [5, 5.41) is 0.712. The molecule has 0 amide bonds. The molecule has 0 fully saturated rings. The molecule has 0 aliphatic carbocycles. The molecule has 0 saturated carbocycles. The van der Waals surface area contributed by atoms with Gasteiger partial charge in [-0.3, -0.25) is 4.98 Å². The zero-order valence-corrected chi connectivity index (χ0v) is 13.2. The quantitative estimate of drug-likeness (QED) is 0.696. The summed E-state index contributed by atoms with van der Waals surface area (Å²) >= 11 is 6.37. The molecule has 1 aliphatic heterocycles. The molecule has 114 valence electrons. The van der Waals surface area contributed by atoms with Gasteiger partial charge in [-0.1, -0.05) is 23.7 Å². The highest BCUT2D eigenvalue weighted by atomic mass is 35.5. The predicted molar refractivity (Wildman–Crippen MR) is 88.8 cm³/mol. The predicted octanol–water partition coefficient (Wildman–Crippen LogP) is 4.50. The van der Waals surface area contributed by atoms with Crippen molar-refractivity contribution in [2.24, 2.45) is 0 Å². The molecule has 0 bridgehead atoms. The van der Waals surface area contributed by atoms with Gasteiger partial charge in [0.15, 0.2) is 5.75 Å². The first-order valence-corrected chi connectivity index (χ1v) is 7.57. The summed E-state index contributed by atoms with van der Waals surface area (Å²) in [6.07, 6.45) is 5.30. The minimum absolute atomic E-state index is 0.191. The Kier molecular flexibility index (Phi) is 3.39. The van der Waals surface area contributed by atoms with Crippen LogP contribution in [0.3, 0.4) is 0 Å². The van der Waals surface area contributed by atoms with E-state index in [0.717, 1.165) is 27.8 Å². The zero-order chi connectivity index (χ0) is 15.8. The molecule has 0 N–H and O–H groups in total. The van der Waals surface area contributed by atoms with Crippen LogP contribution < -0.4 is 9.47 Å². The van der Waals surface area contributed by atoms with Crippen LogP contribution in [-0.4, -0.2) is 16.8 Å². The molecule has 0 radical (unpaired) electrons. The van der Waals surface area contributed by atoms with E-state index in [9.17, 15) is 0 Å². The molecule has 4 nitrogen and oxygen atoms in total. The Labute approximate surface area is 138 Å². The highest BCUT2D eigenvalue weighted by Crippen LogP contribution is 2.40. The summed E-state index contributed by atoms with van der Waals surface area (Å²) in [7, 11) is 0. The first kappa shape index (κ1) is 14.0. The van der Waals surface area contributed by atoms with Gasteiger partial charge in [0.25, 0.3) is 5.88 Å². The van der Waals surface area contributed by atoms with Crippen molar-refractivity contribution in [2.45, 2.75) is 6.92 Å². The maximum atomic E-state index is 6.37. The van der Waals surface area contributed by atoms with Gasteiger partial charge in [0.2, 0.25) is 6.79 Å². The van der Waals surface area contributed by atoms with Crippen LogP contribution in [0.25, 0.3) is 22.3 Å². The van der Waals surface area contributed by atoms with Crippen LogP contribution in [0.15, 0.2) is 48.9 Å². The second kappa shape index (κ2) is 5.56. The van der Waals surface area contributed by atoms with E-state index in [2.05, 4.69) is 9.97 Å². The number of hydrogen-bond acceptors (Lipinski definition) is 4. The number of aromatic nitrogens is 2. The Morgan fingerprint density at radius 1 is 1.00 bits per heavy atom. The standard InChI is InChI=1S/C18H13ClN2O2/c1-11-2-3-14(16(19)6-11)12-7-13(9-20-8-12)15-4-5-21-18-17(15)22-10-23-18/h2-9H,10H2,1H3. The lowest BCUT2D eigenvalue weighted by Crippen LogP contribution is -1.94. The molecule has 1 aliphatic rings. The molecule has 1 aromatic carbocycles. The van der Waals surface area contributed by atoms with Crippen molar-refractivity contribution in [3.05, 3.63) is 59.5 Å². The van der Waals surface area contributed by atoms with E-state index in [4.69, 9.17) is 21.1 Å². The van der Waals surface area contributed by atoms with Crippen molar-refractivity contribution >= 4 is 11.6 Å². The molecule has 3 heterocycles. The number of nitrogens with zero attached hydrogens (tertiary/aromatic N) is 2. The number of halogens is 1. The van der Waals surface area contributed by atoms with Gasteiger partial charge in [-0.05, 0) is 30.7 Å². The largest absolute Gasteiger partial charge is 0.451 e. The molecule has 5 heteroatoms. The molecule has 0 atom stereocenters. The fraction of sp³-hybridized carbons (Fsp3) is 0.111. The fourth-order valence-electron chi connectivity index (χ4n) is 2.63. The smallest absolute Gasteiger partial charge is 0.260 e. The molecule has 3 aromatic rings. The molecule has 0 unspecified atom stereocenters. The Bertz CT molecular complexity index is 896. The molecular formula is C18H13ClN2O2. The molecular weight excluding hydrogens is 312 g/mol. The van der Waals surface area contributed by atoms with Crippen LogP contribution >= 0.6 is 11.6 Å². The highest BCUT2D eigenvalue weighted by Gasteiger charge is 2.20. The van der Waals surface area contributed by atoms with E-state index in [1.807, 2.05) is 37.3 Å². The van der Waals surface area contributed by atoms with Crippen molar-refractivity contribution in [3.63, 3.8) is 0 Å². The van der Waals surface area contributed by atoms with Gasteiger partial charge in [-0.25, -0.2) is 4.98 Å². The lowest BCUT2D eigenvalue weighted by Gasteiger charge is -2.09. The van der Waals surface area contributed by atoms with E-state index < -0.39 is 0 Å². The lowest BCUT2D eigenvalue weighted by molar-refractivity contribution is 0.171. The van der Waals surface area contributed by atoms with Gasteiger partial charge in [0.05, 0.1) is 0 Å². The van der Waals surface area contributed by atoms with Crippen LogP contribution in [0, 0.1) is 6.92 Å². The molecule has 0 saturated heterocycles. The number of aryl methyl sites for hydroxylation is 1. The summed E-state index contributed by atoms with van der Waals surface area (Å²) in [4.78, 5) is 8.51. The second-order valence-electron chi connectivity index (χ2n) is 5.34. The Hall–Kier alpha value is -2.59. The Morgan fingerprint density at radius 3 is 2.65 bits per heavy atom. The minimum Gasteiger partial charge on any atom is -0.451 e. The van der Waals surface area contributed by atoms with E-state index in [1.165, 1.54) is 0 Å². The summed E-state index contributed by atoms with van der Waals surface area (Å²) in [5.74, 6) is 1.17. The monoisotopic (exact) mass is 324 g/mol. The summed E-state index contributed by atoms with van der Waals surface area (Å²) in [6.45, 7) is 2.21. The highest BCUT2D eigenvalue weighted by molar-refractivity contribution is 6.33. The Morgan fingerprint density at radius 2 is 1.83 bits per heavy atom. The molecule has 2 aromatic heterocycles. The number of ether oxygens (including phenoxy) is 2. The maximum Gasteiger partial charge on any atom is 0.260 e. The first-order chi connectivity index (χ1) is 11.2. The molecule has 23 heavy (non-hydrogen) atoms. The number of fused-ring (bicyclic) bond motifs is 1. The lowest BCUT2D eigenvalue weighted by atomic mass is 10.0. The Balaban J connectivity index is 1.82. The van der Waals surface area contributed by atoms with Crippen molar-refractivity contribution in [2.75, 3.05) is 6.79 Å². The van der Waals surface area contributed by atoms with E-state index in [-0.39, 0.29) is 6.79 Å². The SMILES string of the molecule is Cc1ccc(-c2cncc(-c3ccnc4c3OCO4)c2)c(Cl)c1. The first-order valence-electron chi connectivity index (χ1n) is 7.19.